The highest BCUT2D eigenvalue weighted by Gasteiger charge is 2.07. The van der Waals surface area contributed by atoms with Crippen LogP contribution in [0.1, 0.15) is 40.9 Å². The minimum absolute atomic E-state index is 0.0482. The molecule has 2 rings (SSSR count). The summed E-state index contributed by atoms with van der Waals surface area (Å²) >= 11 is 0. The van der Waals surface area contributed by atoms with Crippen molar-refractivity contribution in [3.8, 4) is 11.5 Å². The zero-order valence-electron chi connectivity index (χ0n) is 14.2. The second-order valence-electron chi connectivity index (χ2n) is 6.09. The summed E-state index contributed by atoms with van der Waals surface area (Å²) in [4.78, 5) is 12.2. The number of carbonyl (C=O) groups excluding carboxylic acids is 1. The molecule has 0 radical (unpaired) electrons. The Morgan fingerprint density at radius 1 is 1.04 bits per heavy atom. The lowest BCUT2D eigenvalue weighted by Crippen LogP contribution is -1.94. The van der Waals surface area contributed by atoms with Gasteiger partial charge in [0, 0.05) is 17.2 Å². The van der Waals surface area contributed by atoms with Crippen molar-refractivity contribution >= 4 is 11.9 Å². The first-order valence-corrected chi connectivity index (χ1v) is 7.84. The molecule has 3 heteroatoms. The number of aryl methyl sites for hydroxylation is 1. The molecule has 124 valence electrons. The summed E-state index contributed by atoms with van der Waals surface area (Å²) in [5.41, 5.74) is 4.05. The standard InChI is InChI=1S/C21H22O3/c1-14(2)4-7-17-12-18(21(24)13-20(17)23)10-11-19(22)16-8-5-15(3)6-9-16/h4-6,8-13,23-24H,7H2,1-3H3/b11-10+. The topological polar surface area (TPSA) is 57.5 Å². The molecule has 0 unspecified atom stereocenters. The van der Waals surface area contributed by atoms with E-state index in [4.69, 9.17) is 0 Å². The van der Waals surface area contributed by atoms with E-state index >= 15 is 0 Å². The van der Waals surface area contributed by atoms with Gasteiger partial charge in [0.05, 0.1) is 0 Å². The number of benzene rings is 2. The van der Waals surface area contributed by atoms with E-state index in [1.165, 1.54) is 12.1 Å². The molecule has 2 aromatic rings. The zero-order valence-corrected chi connectivity index (χ0v) is 14.2. The number of hydrogen-bond donors (Lipinski definition) is 2. The average Bonchev–Trinajstić information content (AvgIpc) is 2.53. The normalized spacial score (nSPS) is 10.8. The fourth-order valence-electron chi connectivity index (χ4n) is 2.23. The van der Waals surface area contributed by atoms with Gasteiger partial charge in [0.2, 0.25) is 0 Å². The predicted molar refractivity (Wildman–Crippen MR) is 97.5 cm³/mol. The smallest absolute Gasteiger partial charge is 0.185 e. The molecule has 0 aliphatic carbocycles. The van der Waals surface area contributed by atoms with E-state index in [1.807, 2.05) is 39.0 Å². The fourth-order valence-corrected chi connectivity index (χ4v) is 2.23. The summed E-state index contributed by atoms with van der Waals surface area (Å²) in [6.07, 6.45) is 5.57. The van der Waals surface area contributed by atoms with Gasteiger partial charge in [-0.1, -0.05) is 41.5 Å². The van der Waals surface area contributed by atoms with Gasteiger partial charge in [0.15, 0.2) is 5.78 Å². The van der Waals surface area contributed by atoms with Crippen LogP contribution in [0.15, 0.2) is 54.1 Å². The van der Waals surface area contributed by atoms with Crippen molar-refractivity contribution < 1.29 is 15.0 Å². The lowest BCUT2D eigenvalue weighted by molar-refractivity contribution is 0.104. The molecule has 0 saturated carbocycles. The van der Waals surface area contributed by atoms with Crippen LogP contribution in [0.2, 0.25) is 0 Å². The molecule has 3 nitrogen and oxygen atoms in total. The third-order valence-electron chi connectivity index (χ3n) is 3.71. The Morgan fingerprint density at radius 3 is 2.33 bits per heavy atom. The number of phenols is 2. The maximum absolute atomic E-state index is 12.2. The summed E-state index contributed by atoms with van der Waals surface area (Å²) < 4.78 is 0. The number of phenolic OH excluding ortho intramolecular Hbond substituents is 2. The molecule has 0 aromatic heterocycles. The van der Waals surface area contributed by atoms with Gasteiger partial charge >= 0.3 is 0 Å². The maximum Gasteiger partial charge on any atom is 0.185 e. The number of ketones is 1. The van der Waals surface area contributed by atoms with Crippen molar-refractivity contribution in [1.29, 1.82) is 0 Å². The Kier molecular flexibility index (Phi) is 5.59. The molecule has 0 atom stereocenters. The zero-order chi connectivity index (χ0) is 17.7. The van der Waals surface area contributed by atoms with Gasteiger partial charge in [-0.25, -0.2) is 0 Å². The molecule has 0 aliphatic rings. The van der Waals surface area contributed by atoms with Crippen LogP contribution in [0, 0.1) is 6.92 Å². The van der Waals surface area contributed by atoms with Crippen molar-refractivity contribution in [2.45, 2.75) is 27.2 Å². The number of hydrogen-bond acceptors (Lipinski definition) is 3. The Hall–Kier alpha value is -2.81. The molecular weight excluding hydrogens is 300 g/mol. The first kappa shape index (κ1) is 17.5. The van der Waals surface area contributed by atoms with E-state index in [0.29, 0.717) is 23.1 Å². The van der Waals surface area contributed by atoms with Crippen LogP contribution in [0.5, 0.6) is 11.5 Å². The lowest BCUT2D eigenvalue weighted by atomic mass is 10.0. The van der Waals surface area contributed by atoms with Crippen LogP contribution in [0.4, 0.5) is 0 Å². The van der Waals surface area contributed by atoms with Crippen LogP contribution >= 0.6 is 0 Å². The maximum atomic E-state index is 12.2. The molecule has 2 aromatic carbocycles. The number of rotatable bonds is 5. The Bertz CT molecular complexity index is 793. The molecule has 0 spiro atoms. The monoisotopic (exact) mass is 322 g/mol. The van der Waals surface area contributed by atoms with Crippen molar-refractivity contribution in [3.05, 3.63) is 76.4 Å². The highest BCUT2D eigenvalue weighted by atomic mass is 16.3. The van der Waals surface area contributed by atoms with Gasteiger partial charge in [0.1, 0.15) is 11.5 Å². The second-order valence-corrected chi connectivity index (χ2v) is 6.09. The van der Waals surface area contributed by atoms with Crippen LogP contribution in [0.25, 0.3) is 6.08 Å². The van der Waals surface area contributed by atoms with Gasteiger partial charge in [-0.15, -0.1) is 0 Å². The van der Waals surface area contributed by atoms with Crippen LogP contribution in [-0.2, 0) is 6.42 Å². The molecule has 0 fully saturated rings. The first-order chi connectivity index (χ1) is 11.4. The van der Waals surface area contributed by atoms with E-state index in [0.717, 1.165) is 11.1 Å². The SMILES string of the molecule is CC(C)=CCc1cc(/C=C/C(=O)c2ccc(C)cc2)c(O)cc1O. The van der Waals surface area contributed by atoms with Crippen molar-refractivity contribution in [2.24, 2.45) is 0 Å². The molecule has 0 aliphatic heterocycles. The quantitative estimate of drug-likeness (QED) is 0.472. The minimum atomic E-state index is -0.131. The third kappa shape index (κ3) is 4.59. The molecule has 24 heavy (non-hydrogen) atoms. The summed E-state index contributed by atoms with van der Waals surface area (Å²) in [6.45, 7) is 5.93. The number of aromatic hydroxyl groups is 2. The van der Waals surface area contributed by atoms with E-state index in [-0.39, 0.29) is 17.3 Å². The highest BCUT2D eigenvalue weighted by molar-refractivity contribution is 6.06. The average molecular weight is 322 g/mol. The molecule has 0 saturated heterocycles. The fraction of sp³-hybridized carbons (Fsp3) is 0.190. The van der Waals surface area contributed by atoms with Crippen molar-refractivity contribution in [2.75, 3.05) is 0 Å². The molecule has 2 N–H and O–H groups in total. The van der Waals surface area contributed by atoms with Gasteiger partial charge in [-0.05, 0) is 51.0 Å². The number of carbonyl (C=O) groups is 1. The van der Waals surface area contributed by atoms with E-state index in [1.54, 1.807) is 24.3 Å². The summed E-state index contributed by atoms with van der Waals surface area (Å²) in [7, 11) is 0. The number of allylic oxidation sites excluding steroid dienone is 3. The van der Waals surface area contributed by atoms with Crippen molar-refractivity contribution in [1.82, 2.24) is 0 Å². The molecule has 0 bridgehead atoms. The van der Waals surface area contributed by atoms with Gasteiger partial charge in [0.25, 0.3) is 0 Å². The molecular formula is C21H22O3. The van der Waals surface area contributed by atoms with Crippen LogP contribution in [0.3, 0.4) is 0 Å². The molecule has 0 amide bonds. The highest BCUT2D eigenvalue weighted by Crippen LogP contribution is 2.29. The van der Waals surface area contributed by atoms with Gasteiger partial charge in [-0.3, -0.25) is 4.79 Å². The van der Waals surface area contributed by atoms with Crippen molar-refractivity contribution in [3.63, 3.8) is 0 Å². The Morgan fingerprint density at radius 2 is 1.71 bits per heavy atom. The Balaban J connectivity index is 2.24. The third-order valence-corrected chi connectivity index (χ3v) is 3.71. The van der Waals surface area contributed by atoms with Crippen LogP contribution < -0.4 is 0 Å². The minimum Gasteiger partial charge on any atom is -0.508 e. The summed E-state index contributed by atoms with van der Waals surface area (Å²) in [6, 6.07) is 10.3. The van der Waals surface area contributed by atoms with E-state index < -0.39 is 0 Å². The summed E-state index contributed by atoms with van der Waals surface area (Å²) in [5.74, 6) is -0.137. The largest absolute Gasteiger partial charge is 0.508 e. The first-order valence-electron chi connectivity index (χ1n) is 7.84. The van der Waals surface area contributed by atoms with E-state index in [2.05, 4.69) is 0 Å². The van der Waals surface area contributed by atoms with E-state index in [9.17, 15) is 15.0 Å². The lowest BCUT2D eigenvalue weighted by Gasteiger charge is -2.06. The predicted octanol–water partition coefficient (Wildman–Crippen LogP) is 4.81. The Labute approximate surface area is 142 Å². The van der Waals surface area contributed by atoms with Gasteiger partial charge in [-0.2, -0.15) is 0 Å². The van der Waals surface area contributed by atoms with Gasteiger partial charge < -0.3 is 10.2 Å². The summed E-state index contributed by atoms with van der Waals surface area (Å²) in [5, 5.41) is 19.9. The molecule has 0 heterocycles. The van der Waals surface area contributed by atoms with Crippen LogP contribution in [-0.4, -0.2) is 16.0 Å². The second kappa shape index (κ2) is 7.64.